The number of carbonyl (C=O) groups is 1. The second-order valence-electron chi connectivity index (χ2n) is 4.93. The SMILES string of the molecule is CC(CC(=O)c1nc2ccccc2s1)c1ccccc1. The maximum absolute atomic E-state index is 12.3. The van der Waals surface area contributed by atoms with E-state index in [0.29, 0.717) is 11.4 Å². The monoisotopic (exact) mass is 281 g/mol. The maximum atomic E-state index is 12.3. The minimum Gasteiger partial charge on any atom is -0.291 e. The zero-order valence-electron chi connectivity index (χ0n) is 11.2. The molecule has 0 bridgehead atoms. The van der Waals surface area contributed by atoms with Gasteiger partial charge in [-0.15, -0.1) is 11.3 Å². The fourth-order valence-electron chi connectivity index (χ4n) is 2.26. The fraction of sp³-hybridized carbons (Fsp3) is 0.176. The fourth-order valence-corrected chi connectivity index (χ4v) is 3.17. The van der Waals surface area contributed by atoms with Crippen LogP contribution in [0.3, 0.4) is 0 Å². The minimum atomic E-state index is 0.127. The van der Waals surface area contributed by atoms with Crippen LogP contribution in [-0.2, 0) is 0 Å². The number of rotatable bonds is 4. The first-order valence-corrected chi connectivity index (χ1v) is 7.49. The summed E-state index contributed by atoms with van der Waals surface area (Å²) in [5.74, 6) is 0.346. The Morgan fingerprint density at radius 1 is 1.10 bits per heavy atom. The molecule has 0 saturated carbocycles. The summed E-state index contributed by atoms with van der Waals surface area (Å²) in [5.41, 5.74) is 2.11. The first-order valence-electron chi connectivity index (χ1n) is 6.68. The van der Waals surface area contributed by atoms with Crippen molar-refractivity contribution in [3.63, 3.8) is 0 Å². The van der Waals surface area contributed by atoms with Crippen molar-refractivity contribution in [1.29, 1.82) is 0 Å². The predicted molar refractivity (Wildman–Crippen MR) is 83.4 cm³/mol. The van der Waals surface area contributed by atoms with Crippen molar-refractivity contribution in [3.8, 4) is 0 Å². The van der Waals surface area contributed by atoms with Gasteiger partial charge in [-0.25, -0.2) is 4.98 Å². The van der Waals surface area contributed by atoms with Crippen LogP contribution < -0.4 is 0 Å². The average Bonchev–Trinajstić information content (AvgIpc) is 2.92. The molecule has 3 heteroatoms. The molecule has 20 heavy (non-hydrogen) atoms. The van der Waals surface area contributed by atoms with E-state index in [2.05, 4.69) is 24.0 Å². The molecule has 0 N–H and O–H groups in total. The van der Waals surface area contributed by atoms with Crippen molar-refractivity contribution in [2.45, 2.75) is 19.3 Å². The molecule has 0 aliphatic heterocycles. The van der Waals surface area contributed by atoms with Crippen molar-refractivity contribution in [2.75, 3.05) is 0 Å². The lowest BCUT2D eigenvalue weighted by atomic mass is 9.96. The van der Waals surface area contributed by atoms with Crippen LogP contribution >= 0.6 is 11.3 Å². The van der Waals surface area contributed by atoms with Gasteiger partial charge in [0.2, 0.25) is 0 Å². The van der Waals surface area contributed by atoms with Gasteiger partial charge in [0.1, 0.15) is 0 Å². The highest BCUT2D eigenvalue weighted by atomic mass is 32.1. The largest absolute Gasteiger partial charge is 0.291 e. The molecule has 0 fully saturated rings. The average molecular weight is 281 g/mol. The number of benzene rings is 2. The molecule has 0 spiro atoms. The normalized spacial score (nSPS) is 12.4. The molecular formula is C17H15NOS. The van der Waals surface area contributed by atoms with Gasteiger partial charge >= 0.3 is 0 Å². The Morgan fingerprint density at radius 2 is 1.80 bits per heavy atom. The number of hydrogen-bond acceptors (Lipinski definition) is 3. The standard InChI is InChI=1S/C17H15NOS/c1-12(13-7-3-2-4-8-13)11-15(19)17-18-14-9-5-6-10-16(14)20-17/h2-10,12H,11H2,1H3. The van der Waals surface area contributed by atoms with E-state index in [0.717, 1.165) is 10.2 Å². The summed E-state index contributed by atoms with van der Waals surface area (Å²) in [4.78, 5) is 16.8. The molecule has 0 saturated heterocycles. The van der Waals surface area contributed by atoms with Crippen LogP contribution in [0, 0.1) is 0 Å². The van der Waals surface area contributed by atoms with E-state index >= 15 is 0 Å². The highest BCUT2D eigenvalue weighted by Crippen LogP contribution is 2.26. The van der Waals surface area contributed by atoms with E-state index in [1.165, 1.54) is 16.9 Å². The lowest BCUT2D eigenvalue weighted by molar-refractivity contribution is 0.0975. The Labute approximate surface area is 122 Å². The van der Waals surface area contributed by atoms with Crippen LogP contribution in [0.1, 0.15) is 34.6 Å². The van der Waals surface area contributed by atoms with Gasteiger partial charge in [-0.3, -0.25) is 4.79 Å². The number of aromatic nitrogens is 1. The molecule has 0 amide bonds. The van der Waals surface area contributed by atoms with Gasteiger partial charge in [0.25, 0.3) is 0 Å². The summed E-state index contributed by atoms with van der Waals surface area (Å²) in [6.07, 6.45) is 0.504. The Morgan fingerprint density at radius 3 is 2.55 bits per heavy atom. The lowest BCUT2D eigenvalue weighted by Gasteiger charge is -2.09. The molecule has 2 aromatic carbocycles. The van der Waals surface area contributed by atoms with Gasteiger partial charge in [-0.1, -0.05) is 49.4 Å². The molecule has 2 nitrogen and oxygen atoms in total. The zero-order chi connectivity index (χ0) is 13.9. The third-order valence-corrected chi connectivity index (χ3v) is 4.47. The smallest absolute Gasteiger partial charge is 0.192 e. The van der Waals surface area contributed by atoms with Crippen LogP contribution in [0.15, 0.2) is 54.6 Å². The third kappa shape index (κ3) is 2.63. The number of Topliss-reactive ketones (excluding diaryl/α,β-unsaturated/α-hetero) is 1. The van der Waals surface area contributed by atoms with E-state index in [4.69, 9.17) is 0 Å². The molecule has 1 heterocycles. The Kier molecular flexibility index (Phi) is 3.61. The topological polar surface area (TPSA) is 30.0 Å². The Bertz CT molecular complexity index is 700. The zero-order valence-corrected chi connectivity index (χ0v) is 12.1. The molecular weight excluding hydrogens is 266 g/mol. The quantitative estimate of drug-likeness (QED) is 0.650. The van der Waals surface area contributed by atoms with Crippen molar-refractivity contribution in [2.24, 2.45) is 0 Å². The molecule has 3 rings (SSSR count). The van der Waals surface area contributed by atoms with E-state index in [9.17, 15) is 4.79 Å². The number of hydrogen-bond donors (Lipinski definition) is 0. The number of carbonyl (C=O) groups excluding carboxylic acids is 1. The Hall–Kier alpha value is -2.00. The van der Waals surface area contributed by atoms with Crippen molar-refractivity contribution < 1.29 is 4.79 Å². The molecule has 3 aromatic rings. The maximum Gasteiger partial charge on any atom is 0.192 e. The van der Waals surface area contributed by atoms with Crippen LogP contribution in [0.5, 0.6) is 0 Å². The highest BCUT2D eigenvalue weighted by molar-refractivity contribution is 7.20. The lowest BCUT2D eigenvalue weighted by Crippen LogP contribution is -2.04. The van der Waals surface area contributed by atoms with Gasteiger partial charge in [0.15, 0.2) is 10.8 Å². The highest BCUT2D eigenvalue weighted by Gasteiger charge is 2.16. The van der Waals surface area contributed by atoms with Gasteiger partial charge in [0.05, 0.1) is 10.2 Å². The minimum absolute atomic E-state index is 0.127. The second kappa shape index (κ2) is 5.55. The first-order chi connectivity index (χ1) is 9.74. The molecule has 0 aliphatic rings. The van der Waals surface area contributed by atoms with Gasteiger partial charge in [-0.05, 0) is 23.6 Å². The summed E-state index contributed by atoms with van der Waals surface area (Å²) in [6, 6.07) is 18.0. The van der Waals surface area contributed by atoms with Gasteiger partial charge < -0.3 is 0 Å². The van der Waals surface area contributed by atoms with Crippen LogP contribution in [0.4, 0.5) is 0 Å². The van der Waals surface area contributed by atoms with Crippen LogP contribution in [0.2, 0.25) is 0 Å². The number of para-hydroxylation sites is 1. The predicted octanol–water partition coefficient (Wildman–Crippen LogP) is 4.67. The summed E-state index contributed by atoms with van der Waals surface area (Å²) >= 11 is 1.48. The van der Waals surface area contributed by atoms with Crippen LogP contribution in [-0.4, -0.2) is 10.8 Å². The number of ketones is 1. The molecule has 100 valence electrons. The van der Waals surface area contributed by atoms with Crippen molar-refractivity contribution >= 4 is 27.3 Å². The number of thiazole rings is 1. The molecule has 1 unspecified atom stereocenters. The third-order valence-electron chi connectivity index (χ3n) is 3.39. The van der Waals surface area contributed by atoms with Gasteiger partial charge in [-0.2, -0.15) is 0 Å². The summed E-state index contributed by atoms with van der Waals surface area (Å²) in [5, 5.41) is 0.619. The summed E-state index contributed by atoms with van der Waals surface area (Å²) in [7, 11) is 0. The summed E-state index contributed by atoms with van der Waals surface area (Å²) in [6.45, 7) is 2.08. The van der Waals surface area contributed by atoms with E-state index in [1.54, 1.807) is 0 Å². The van der Waals surface area contributed by atoms with Crippen molar-refractivity contribution in [3.05, 3.63) is 65.2 Å². The second-order valence-corrected chi connectivity index (χ2v) is 5.96. The Balaban J connectivity index is 1.79. The molecule has 1 atom stereocenters. The summed E-state index contributed by atoms with van der Waals surface area (Å²) < 4.78 is 1.07. The van der Waals surface area contributed by atoms with E-state index < -0.39 is 0 Å². The molecule has 0 radical (unpaired) electrons. The number of nitrogens with zero attached hydrogens (tertiary/aromatic N) is 1. The first kappa shape index (κ1) is 13.0. The van der Waals surface area contributed by atoms with Crippen molar-refractivity contribution in [1.82, 2.24) is 4.98 Å². The van der Waals surface area contributed by atoms with E-state index in [1.807, 2.05) is 42.5 Å². The van der Waals surface area contributed by atoms with Crippen LogP contribution in [0.25, 0.3) is 10.2 Å². The molecule has 0 aliphatic carbocycles. The van der Waals surface area contributed by atoms with Gasteiger partial charge in [0, 0.05) is 6.42 Å². The van der Waals surface area contributed by atoms with E-state index in [-0.39, 0.29) is 11.7 Å². The molecule has 1 aromatic heterocycles. The number of fused-ring (bicyclic) bond motifs is 1.